The van der Waals surface area contributed by atoms with Crippen molar-refractivity contribution in [3.05, 3.63) is 75.3 Å². The molecule has 0 aromatic heterocycles. The van der Waals surface area contributed by atoms with Gasteiger partial charge in [-0.1, -0.05) is 13.8 Å². The second-order valence-electron chi connectivity index (χ2n) is 9.43. The maximum Gasteiger partial charge on any atom is 0.416 e. The van der Waals surface area contributed by atoms with Crippen molar-refractivity contribution in [2.24, 2.45) is 5.92 Å². The van der Waals surface area contributed by atoms with E-state index in [2.05, 4.69) is 0 Å². The number of alkyl halides is 3. The van der Waals surface area contributed by atoms with Gasteiger partial charge in [-0.25, -0.2) is 0 Å². The zero-order chi connectivity index (χ0) is 27.2. The van der Waals surface area contributed by atoms with E-state index in [4.69, 9.17) is 4.74 Å². The maximum atomic E-state index is 13.0. The van der Waals surface area contributed by atoms with Crippen molar-refractivity contribution < 1.29 is 32.4 Å². The van der Waals surface area contributed by atoms with Gasteiger partial charge in [-0.15, -0.1) is 0 Å². The Kier molecular flexibility index (Phi) is 9.25. The Morgan fingerprint density at radius 2 is 1.70 bits per heavy atom. The molecule has 1 aliphatic heterocycles. The average molecular weight is 522 g/mol. The lowest BCUT2D eigenvalue weighted by Crippen LogP contribution is -2.45. The lowest BCUT2D eigenvalue weighted by Gasteiger charge is -2.32. The summed E-state index contributed by atoms with van der Waals surface area (Å²) >= 11 is 0. The number of ether oxygens (including phenoxy) is 1. The molecule has 37 heavy (non-hydrogen) atoms. The summed E-state index contributed by atoms with van der Waals surface area (Å²) in [7, 11) is 0. The van der Waals surface area contributed by atoms with Gasteiger partial charge in [0.2, 0.25) is 5.91 Å². The van der Waals surface area contributed by atoms with E-state index in [0.29, 0.717) is 6.42 Å². The minimum absolute atomic E-state index is 0.00741. The van der Waals surface area contributed by atoms with Crippen molar-refractivity contribution in [1.82, 2.24) is 9.80 Å². The third-order valence-corrected chi connectivity index (χ3v) is 6.18. The number of carbonyl (C=O) groups is 2. The number of non-ortho nitro benzene ring substituents is 1. The topological polar surface area (TPSA) is 93.0 Å². The summed E-state index contributed by atoms with van der Waals surface area (Å²) in [6.07, 6.45) is -3.70. The van der Waals surface area contributed by atoms with Gasteiger partial charge in [0.05, 0.1) is 29.7 Å². The highest BCUT2D eigenvalue weighted by Gasteiger charge is 2.32. The van der Waals surface area contributed by atoms with E-state index in [1.807, 2.05) is 13.8 Å². The molecule has 1 heterocycles. The maximum absolute atomic E-state index is 13.0. The van der Waals surface area contributed by atoms with Crippen LogP contribution in [0.3, 0.4) is 0 Å². The molecule has 0 radical (unpaired) electrons. The van der Waals surface area contributed by atoms with Crippen molar-refractivity contribution in [2.45, 2.75) is 45.5 Å². The zero-order valence-corrected chi connectivity index (χ0v) is 20.7. The number of rotatable bonds is 9. The van der Waals surface area contributed by atoms with Crippen LogP contribution in [0, 0.1) is 16.0 Å². The number of benzene rings is 2. The molecule has 1 fully saturated rings. The van der Waals surface area contributed by atoms with Crippen LogP contribution >= 0.6 is 0 Å². The summed E-state index contributed by atoms with van der Waals surface area (Å²) in [5.74, 6) is -0.264. The lowest BCUT2D eigenvalue weighted by molar-refractivity contribution is -0.384. The Bertz CT molecular complexity index is 1090. The number of hydrogen-bond acceptors (Lipinski definition) is 5. The van der Waals surface area contributed by atoms with Crippen LogP contribution in [0.15, 0.2) is 48.5 Å². The SMILES string of the molecule is CC(C)C[C@@H](COCc1ccc([N+](=O)[O-])cc1)N1CCN(C(=O)c2ccc(C(F)(F)F)cc2)CCC1=O. The number of carbonyl (C=O) groups excluding carboxylic acids is 2. The Balaban J connectivity index is 1.62. The largest absolute Gasteiger partial charge is 0.416 e. The predicted molar refractivity (Wildman–Crippen MR) is 130 cm³/mol. The quantitative estimate of drug-likeness (QED) is 0.345. The van der Waals surface area contributed by atoms with Gasteiger partial charge >= 0.3 is 6.18 Å². The molecule has 2 aromatic carbocycles. The van der Waals surface area contributed by atoms with Gasteiger partial charge in [0.15, 0.2) is 0 Å². The average Bonchev–Trinajstić information content (AvgIpc) is 3.04. The summed E-state index contributed by atoms with van der Waals surface area (Å²) in [5.41, 5.74) is 0.0713. The number of amides is 2. The van der Waals surface area contributed by atoms with Crippen molar-refractivity contribution in [3.63, 3.8) is 0 Å². The monoisotopic (exact) mass is 521 g/mol. The van der Waals surface area contributed by atoms with Crippen LogP contribution in [0.2, 0.25) is 0 Å². The Morgan fingerprint density at radius 1 is 1.05 bits per heavy atom. The molecule has 8 nitrogen and oxygen atoms in total. The number of nitro groups is 1. The summed E-state index contributed by atoms with van der Waals surface area (Å²) in [6.45, 7) is 5.26. The van der Waals surface area contributed by atoms with E-state index >= 15 is 0 Å². The summed E-state index contributed by atoms with van der Waals surface area (Å²) in [6, 6.07) is 9.90. The molecular formula is C26H30F3N3O5. The molecule has 200 valence electrons. The minimum Gasteiger partial charge on any atom is -0.375 e. The standard InChI is InChI=1S/C26H30F3N3O5/c1-18(2)15-23(17-37-16-19-3-9-22(10-4-19)32(35)36)31-14-13-30(12-11-24(31)33)25(34)20-5-7-21(8-6-20)26(27,28)29/h3-10,18,23H,11-17H2,1-2H3/t23-/m0/s1. The van der Waals surface area contributed by atoms with Crippen LogP contribution in [0.5, 0.6) is 0 Å². The molecule has 0 unspecified atom stereocenters. The first-order chi connectivity index (χ1) is 17.5. The van der Waals surface area contributed by atoms with Gasteiger partial charge in [-0.3, -0.25) is 19.7 Å². The number of halogens is 3. The van der Waals surface area contributed by atoms with Crippen LogP contribution in [-0.2, 0) is 22.3 Å². The van der Waals surface area contributed by atoms with Gasteiger partial charge in [0.1, 0.15) is 0 Å². The predicted octanol–water partition coefficient (Wildman–Crippen LogP) is 4.92. The zero-order valence-electron chi connectivity index (χ0n) is 20.7. The highest BCUT2D eigenvalue weighted by molar-refractivity contribution is 5.94. The molecular weight excluding hydrogens is 491 g/mol. The summed E-state index contributed by atoms with van der Waals surface area (Å²) < 4.78 is 44.4. The van der Waals surface area contributed by atoms with Gasteiger partial charge in [0.25, 0.3) is 11.6 Å². The first kappa shape index (κ1) is 28.1. The van der Waals surface area contributed by atoms with Crippen molar-refractivity contribution >= 4 is 17.5 Å². The fourth-order valence-electron chi connectivity index (χ4n) is 4.27. The second-order valence-corrected chi connectivity index (χ2v) is 9.43. The molecule has 0 bridgehead atoms. The molecule has 0 N–H and O–H groups in total. The molecule has 0 aliphatic carbocycles. The fraction of sp³-hybridized carbons (Fsp3) is 0.462. The first-order valence-corrected chi connectivity index (χ1v) is 12.0. The molecule has 0 spiro atoms. The van der Waals surface area contributed by atoms with E-state index in [0.717, 1.165) is 29.8 Å². The van der Waals surface area contributed by atoms with Gasteiger partial charge in [-0.2, -0.15) is 13.2 Å². The van der Waals surface area contributed by atoms with Gasteiger partial charge < -0.3 is 14.5 Å². The molecule has 2 aromatic rings. The Labute approximate surface area is 213 Å². The Morgan fingerprint density at radius 3 is 2.27 bits per heavy atom. The van der Waals surface area contributed by atoms with E-state index in [1.165, 1.54) is 17.0 Å². The molecule has 2 amide bonds. The fourth-order valence-corrected chi connectivity index (χ4v) is 4.27. The van der Waals surface area contributed by atoms with Crippen LogP contribution < -0.4 is 0 Å². The summed E-state index contributed by atoms with van der Waals surface area (Å²) in [5, 5.41) is 10.8. The van der Waals surface area contributed by atoms with Crippen LogP contribution in [0.4, 0.5) is 18.9 Å². The highest BCUT2D eigenvalue weighted by Crippen LogP contribution is 2.29. The third kappa shape index (κ3) is 7.75. The Hall–Kier alpha value is -3.47. The molecule has 1 aliphatic rings. The van der Waals surface area contributed by atoms with Crippen LogP contribution in [0.25, 0.3) is 0 Å². The smallest absolute Gasteiger partial charge is 0.375 e. The van der Waals surface area contributed by atoms with E-state index < -0.39 is 22.6 Å². The second kappa shape index (κ2) is 12.2. The van der Waals surface area contributed by atoms with Gasteiger partial charge in [-0.05, 0) is 54.3 Å². The van der Waals surface area contributed by atoms with Crippen molar-refractivity contribution in [2.75, 3.05) is 26.2 Å². The third-order valence-electron chi connectivity index (χ3n) is 6.18. The molecule has 11 heteroatoms. The van der Waals surface area contributed by atoms with Crippen molar-refractivity contribution in [1.29, 1.82) is 0 Å². The highest BCUT2D eigenvalue weighted by atomic mass is 19.4. The summed E-state index contributed by atoms with van der Waals surface area (Å²) in [4.78, 5) is 39.4. The van der Waals surface area contributed by atoms with E-state index in [1.54, 1.807) is 17.0 Å². The van der Waals surface area contributed by atoms with Gasteiger partial charge in [0, 0.05) is 43.8 Å². The molecule has 0 saturated carbocycles. The number of hydrogen-bond donors (Lipinski definition) is 0. The van der Waals surface area contributed by atoms with E-state index in [9.17, 15) is 32.9 Å². The molecule has 3 rings (SSSR count). The number of nitrogens with zero attached hydrogens (tertiary/aromatic N) is 3. The molecule has 1 atom stereocenters. The minimum atomic E-state index is -4.48. The van der Waals surface area contributed by atoms with E-state index in [-0.39, 0.29) is 68.4 Å². The number of nitro benzene ring substituents is 1. The van der Waals surface area contributed by atoms with Crippen LogP contribution in [-0.4, -0.2) is 58.8 Å². The molecule has 1 saturated heterocycles. The van der Waals surface area contributed by atoms with Crippen molar-refractivity contribution in [3.8, 4) is 0 Å². The first-order valence-electron chi connectivity index (χ1n) is 12.0. The van der Waals surface area contributed by atoms with Crippen LogP contribution in [0.1, 0.15) is 48.2 Å². The normalized spacial score (nSPS) is 15.6. The lowest BCUT2D eigenvalue weighted by atomic mass is 10.0.